The van der Waals surface area contributed by atoms with Gasteiger partial charge in [0, 0.05) is 32.9 Å². The van der Waals surface area contributed by atoms with Crippen molar-refractivity contribution in [2.75, 3.05) is 7.05 Å². The Labute approximate surface area is 134 Å². The lowest BCUT2D eigenvalue weighted by Crippen LogP contribution is -2.39. The van der Waals surface area contributed by atoms with E-state index < -0.39 is 0 Å². The minimum atomic E-state index is -0.247. The molecule has 124 valence electrons. The van der Waals surface area contributed by atoms with E-state index in [0.29, 0.717) is 18.6 Å². The average molecular weight is 318 g/mol. The van der Waals surface area contributed by atoms with Gasteiger partial charge in [-0.3, -0.25) is 9.59 Å². The van der Waals surface area contributed by atoms with Crippen molar-refractivity contribution in [3.63, 3.8) is 0 Å². The van der Waals surface area contributed by atoms with Crippen LogP contribution in [0.3, 0.4) is 0 Å². The first kappa shape index (κ1) is 15.6. The van der Waals surface area contributed by atoms with Crippen LogP contribution in [-0.2, 0) is 22.6 Å². The molecule has 0 saturated carbocycles. The van der Waals surface area contributed by atoms with E-state index in [2.05, 4.69) is 25.2 Å². The highest BCUT2D eigenvalue weighted by molar-refractivity contribution is 6.39. The molecule has 0 saturated heterocycles. The number of amides is 2. The smallest absolute Gasteiger partial charge is 0.268 e. The highest BCUT2D eigenvalue weighted by atomic mass is 16.2. The molecule has 1 aromatic heterocycles. The molecular formula is C15H22N6O2. The first-order valence-corrected chi connectivity index (χ1v) is 8.13. The highest BCUT2D eigenvalue weighted by Gasteiger charge is 2.25. The Bertz CT molecular complexity index is 650. The number of nitrogens with one attached hydrogen (secondary N) is 1. The number of rotatable bonds is 3. The second kappa shape index (κ2) is 6.47. The Morgan fingerprint density at radius 1 is 1.17 bits per heavy atom. The minimum Gasteiger partial charge on any atom is -0.341 e. The predicted molar refractivity (Wildman–Crippen MR) is 83.6 cm³/mol. The van der Waals surface area contributed by atoms with Crippen molar-refractivity contribution >= 4 is 17.5 Å². The lowest BCUT2D eigenvalue weighted by Gasteiger charge is -2.20. The Kier molecular flexibility index (Phi) is 4.40. The summed E-state index contributed by atoms with van der Waals surface area (Å²) < 4.78 is 2.12. The van der Waals surface area contributed by atoms with Gasteiger partial charge < -0.3 is 9.88 Å². The van der Waals surface area contributed by atoms with Crippen LogP contribution >= 0.6 is 0 Å². The van der Waals surface area contributed by atoms with E-state index in [1.54, 1.807) is 7.05 Å². The Hall–Kier alpha value is -2.25. The van der Waals surface area contributed by atoms with Gasteiger partial charge in [-0.05, 0) is 19.8 Å². The van der Waals surface area contributed by atoms with Gasteiger partial charge in [0.15, 0.2) is 5.82 Å². The quantitative estimate of drug-likeness (QED) is 0.892. The van der Waals surface area contributed by atoms with E-state index in [9.17, 15) is 9.59 Å². The molecule has 0 bridgehead atoms. The molecule has 3 rings (SSSR count). The van der Waals surface area contributed by atoms with Crippen LogP contribution in [0.25, 0.3) is 0 Å². The molecule has 0 spiro atoms. The Balaban J connectivity index is 1.71. The van der Waals surface area contributed by atoms with Gasteiger partial charge in [-0.2, -0.15) is 5.10 Å². The molecule has 0 aliphatic carbocycles. The SMILES string of the molecule is CC(NC(=O)C1=NN(C)C(=O)CC1)c1nnc2n1CCCCC2. The zero-order chi connectivity index (χ0) is 16.4. The van der Waals surface area contributed by atoms with Gasteiger partial charge in [0.1, 0.15) is 11.5 Å². The fourth-order valence-electron chi connectivity index (χ4n) is 3.01. The first-order valence-electron chi connectivity index (χ1n) is 8.13. The molecule has 23 heavy (non-hydrogen) atoms. The van der Waals surface area contributed by atoms with Gasteiger partial charge in [0.2, 0.25) is 5.91 Å². The maximum Gasteiger partial charge on any atom is 0.268 e. The summed E-state index contributed by atoms with van der Waals surface area (Å²) in [5.74, 6) is 1.47. The van der Waals surface area contributed by atoms with Gasteiger partial charge in [0.05, 0.1) is 6.04 Å². The Morgan fingerprint density at radius 3 is 2.78 bits per heavy atom. The third-order valence-corrected chi connectivity index (χ3v) is 4.34. The monoisotopic (exact) mass is 318 g/mol. The number of hydrogen-bond acceptors (Lipinski definition) is 5. The molecule has 1 atom stereocenters. The van der Waals surface area contributed by atoms with Crippen LogP contribution in [-0.4, -0.2) is 44.3 Å². The van der Waals surface area contributed by atoms with E-state index in [-0.39, 0.29) is 17.9 Å². The van der Waals surface area contributed by atoms with Crippen molar-refractivity contribution in [3.8, 4) is 0 Å². The molecule has 1 N–H and O–H groups in total. The summed E-state index contributed by atoms with van der Waals surface area (Å²) >= 11 is 0. The molecular weight excluding hydrogens is 296 g/mol. The van der Waals surface area contributed by atoms with Crippen LogP contribution in [0.2, 0.25) is 0 Å². The maximum atomic E-state index is 12.4. The molecule has 0 radical (unpaired) electrons. The Morgan fingerprint density at radius 2 is 2.00 bits per heavy atom. The second-order valence-corrected chi connectivity index (χ2v) is 6.10. The van der Waals surface area contributed by atoms with Crippen molar-refractivity contribution in [2.45, 2.75) is 58.0 Å². The molecule has 8 nitrogen and oxygen atoms in total. The summed E-state index contributed by atoms with van der Waals surface area (Å²) in [6.45, 7) is 2.80. The number of aryl methyl sites for hydroxylation is 1. The van der Waals surface area contributed by atoms with Crippen LogP contribution in [0.5, 0.6) is 0 Å². The summed E-state index contributed by atoms with van der Waals surface area (Å²) in [7, 11) is 1.57. The number of carbonyl (C=O) groups is 2. The van der Waals surface area contributed by atoms with Gasteiger partial charge in [-0.25, -0.2) is 5.01 Å². The fourth-order valence-corrected chi connectivity index (χ4v) is 3.01. The minimum absolute atomic E-state index is 0.0719. The molecule has 0 aromatic carbocycles. The van der Waals surface area contributed by atoms with Gasteiger partial charge in [0.25, 0.3) is 5.91 Å². The third-order valence-electron chi connectivity index (χ3n) is 4.34. The predicted octanol–water partition coefficient (Wildman–Crippen LogP) is 0.790. The number of fused-ring (bicyclic) bond motifs is 1. The number of aromatic nitrogens is 3. The van der Waals surface area contributed by atoms with Crippen LogP contribution in [0.1, 0.15) is 56.7 Å². The lowest BCUT2D eigenvalue weighted by molar-refractivity contribution is -0.130. The molecule has 0 fully saturated rings. The summed E-state index contributed by atoms with van der Waals surface area (Å²) in [4.78, 5) is 23.8. The van der Waals surface area contributed by atoms with Crippen LogP contribution < -0.4 is 5.32 Å². The van der Waals surface area contributed by atoms with Crippen molar-refractivity contribution < 1.29 is 9.59 Å². The van der Waals surface area contributed by atoms with Gasteiger partial charge >= 0.3 is 0 Å². The van der Waals surface area contributed by atoms with E-state index in [0.717, 1.165) is 37.5 Å². The number of carbonyl (C=O) groups excluding carboxylic acids is 2. The summed E-state index contributed by atoms with van der Waals surface area (Å²) in [5.41, 5.74) is 0.384. The second-order valence-electron chi connectivity index (χ2n) is 6.10. The topological polar surface area (TPSA) is 92.5 Å². The van der Waals surface area contributed by atoms with E-state index in [1.165, 1.54) is 11.4 Å². The summed E-state index contributed by atoms with van der Waals surface area (Å²) in [6, 6.07) is -0.243. The standard InChI is InChI=1S/C15H22N6O2/c1-10(14-18-17-12-6-4-3-5-9-21(12)14)16-15(23)11-7-8-13(22)20(2)19-11/h10H,3-9H2,1-2H3,(H,16,23). The largest absolute Gasteiger partial charge is 0.341 e. The van der Waals surface area contributed by atoms with Crippen molar-refractivity contribution in [1.82, 2.24) is 25.1 Å². The number of hydrazone groups is 1. The zero-order valence-corrected chi connectivity index (χ0v) is 13.6. The first-order chi connectivity index (χ1) is 11.1. The highest BCUT2D eigenvalue weighted by Crippen LogP contribution is 2.19. The normalized spacial score (nSPS) is 19.7. The third kappa shape index (κ3) is 3.25. The summed E-state index contributed by atoms with van der Waals surface area (Å²) in [5, 5.41) is 16.7. The molecule has 2 aliphatic heterocycles. The van der Waals surface area contributed by atoms with Crippen molar-refractivity contribution in [3.05, 3.63) is 11.6 Å². The average Bonchev–Trinajstić information content (AvgIpc) is 2.79. The number of nitrogens with zero attached hydrogens (tertiary/aromatic N) is 5. The number of hydrogen-bond donors (Lipinski definition) is 1. The van der Waals surface area contributed by atoms with Gasteiger partial charge in [-0.1, -0.05) is 6.42 Å². The lowest BCUT2D eigenvalue weighted by atomic mass is 10.1. The van der Waals surface area contributed by atoms with Crippen molar-refractivity contribution in [1.29, 1.82) is 0 Å². The van der Waals surface area contributed by atoms with E-state index in [4.69, 9.17) is 0 Å². The molecule has 8 heteroatoms. The molecule has 1 aromatic rings. The van der Waals surface area contributed by atoms with E-state index >= 15 is 0 Å². The molecule has 2 amide bonds. The maximum absolute atomic E-state index is 12.4. The van der Waals surface area contributed by atoms with E-state index in [1.807, 2.05) is 6.92 Å². The summed E-state index contributed by atoms with van der Waals surface area (Å²) in [6.07, 6.45) is 5.07. The van der Waals surface area contributed by atoms with Crippen LogP contribution in [0.4, 0.5) is 0 Å². The molecule has 1 unspecified atom stereocenters. The fraction of sp³-hybridized carbons (Fsp3) is 0.667. The van der Waals surface area contributed by atoms with Crippen LogP contribution in [0.15, 0.2) is 5.10 Å². The van der Waals surface area contributed by atoms with Crippen LogP contribution in [0, 0.1) is 0 Å². The zero-order valence-electron chi connectivity index (χ0n) is 13.6. The molecule has 3 heterocycles. The van der Waals surface area contributed by atoms with Gasteiger partial charge in [-0.15, -0.1) is 10.2 Å². The van der Waals surface area contributed by atoms with Crippen molar-refractivity contribution in [2.24, 2.45) is 5.10 Å². The molecule has 2 aliphatic rings.